The van der Waals surface area contributed by atoms with Crippen molar-refractivity contribution in [2.24, 2.45) is 5.41 Å². The normalized spacial score (nSPS) is 28.5. The number of carboxylic acid groups (broad SMARTS) is 1. The summed E-state index contributed by atoms with van der Waals surface area (Å²) in [5.74, 6) is -2.91. The maximum atomic E-state index is 12.4. The van der Waals surface area contributed by atoms with Gasteiger partial charge >= 0.3 is 5.97 Å². The Morgan fingerprint density at radius 2 is 1.85 bits per heavy atom. The molecule has 0 bridgehead atoms. The molecule has 1 heterocycles. The van der Waals surface area contributed by atoms with Crippen molar-refractivity contribution in [2.45, 2.75) is 77.8 Å². The van der Waals surface area contributed by atoms with Crippen LogP contribution in [0.4, 0.5) is 0 Å². The van der Waals surface area contributed by atoms with Gasteiger partial charge in [0.2, 0.25) is 0 Å². The van der Waals surface area contributed by atoms with Crippen molar-refractivity contribution in [3.63, 3.8) is 0 Å². The first-order chi connectivity index (χ1) is 11.8. The molecule has 0 saturated carbocycles. The summed E-state index contributed by atoms with van der Waals surface area (Å²) in [5.41, 5.74) is -0.115. The number of carbonyl (C=O) groups is 2. The van der Waals surface area contributed by atoms with Crippen LogP contribution < -0.4 is 5.32 Å². The van der Waals surface area contributed by atoms with Gasteiger partial charge in [0.25, 0.3) is 5.91 Å². The third kappa shape index (κ3) is 6.35. The number of carbonyl (C=O) groups excluding carboxylic acids is 1. The zero-order chi connectivity index (χ0) is 20.3. The van der Waals surface area contributed by atoms with Gasteiger partial charge in [0.1, 0.15) is 24.4 Å². The van der Waals surface area contributed by atoms with Crippen LogP contribution in [0.5, 0.6) is 0 Å². The number of rotatable bonds is 6. The first-order valence-electron chi connectivity index (χ1n) is 8.56. The molecule has 1 rings (SSSR count). The van der Waals surface area contributed by atoms with Gasteiger partial charge in [-0.25, -0.2) is 0 Å². The van der Waals surface area contributed by atoms with Gasteiger partial charge in [-0.1, -0.05) is 32.9 Å². The molecular weight excluding hydrogens is 342 g/mol. The molecule has 1 aliphatic heterocycles. The highest BCUT2D eigenvalue weighted by molar-refractivity contribution is 5.86. The molecule has 1 saturated heterocycles. The Bertz CT molecular complexity index is 538. The molecule has 150 valence electrons. The van der Waals surface area contributed by atoms with Crippen molar-refractivity contribution in [3.8, 4) is 0 Å². The van der Waals surface area contributed by atoms with E-state index in [2.05, 4.69) is 5.32 Å². The molecule has 26 heavy (non-hydrogen) atoms. The Balaban J connectivity index is 3.04. The largest absolute Gasteiger partial charge is 0.480 e. The van der Waals surface area contributed by atoms with Crippen LogP contribution in [-0.2, 0) is 23.8 Å². The quantitative estimate of drug-likeness (QED) is 0.597. The number of aliphatic hydroxyl groups is 1. The number of aliphatic hydroxyl groups excluding tert-OH is 1. The molecule has 0 radical (unpaired) electrons. The van der Waals surface area contributed by atoms with Gasteiger partial charge in [-0.3, -0.25) is 9.59 Å². The minimum Gasteiger partial charge on any atom is -0.480 e. The molecule has 3 N–H and O–H groups in total. The highest BCUT2D eigenvalue weighted by atomic mass is 16.7. The van der Waals surface area contributed by atoms with Crippen molar-refractivity contribution in [3.05, 3.63) is 12.2 Å². The number of hydrogen-bond donors (Lipinski definition) is 3. The standard InChI is InChI=1S/C18H31NO7/c1-10(16(22)23)19-15(21)14(24-7)13-12(20)11(8-9-17(2,3)4)25-18(5,6)26-13/h8-14,20H,1-7H3,(H,19,21)(H,22,23)/b9-8+/t10-,11+,12-,13+,14+/m0/s1. The van der Waals surface area contributed by atoms with E-state index in [0.29, 0.717) is 0 Å². The first-order valence-corrected chi connectivity index (χ1v) is 8.56. The molecule has 1 aliphatic rings. The lowest BCUT2D eigenvalue weighted by Crippen LogP contribution is -2.61. The molecule has 0 unspecified atom stereocenters. The molecule has 0 aromatic rings. The van der Waals surface area contributed by atoms with Crippen LogP contribution in [0.1, 0.15) is 41.5 Å². The maximum absolute atomic E-state index is 12.4. The number of ether oxygens (including phenoxy) is 3. The van der Waals surface area contributed by atoms with E-state index in [0.717, 1.165) is 0 Å². The average molecular weight is 373 g/mol. The third-order valence-electron chi connectivity index (χ3n) is 3.84. The fourth-order valence-electron chi connectivity index (χ4n) is 2.53. The highest BCUT2D eigenvalue weighted by Crippen LogP contribution is 2.31. The zero-order valence-electron chi connectivity index (χ0n) is 16.5. The van der Waals surface area contributed by atoms with Crippen molar-refractivity contribution >= 4 is 11.9 Å². The lowest BCUT2D eigenvalue weighted by atomic mass is 9.93. The molecule has 8 nitrogen and oxygen atoms in total. The molecule has 0 aromatic heterocycles. The summed E-state index contributed by atoms with van der Waals surface area (Å²) in [6, 6.07) is -1.10. The fourth-order valence-corrected chi connectivity index (χ4v) is 2.53. The van der Waals surface area contributed by atoms with Gasteiger partial charge < -0.3 is 29.7 Å². The van der Waals surface area contributed by atoms with Crippen LogP contribution in [0.25, 0.3) is 0 Å². The molecular formula is C18H31NO7. The Morgan fingerprint density at radius 3 is 2.31 bits per heavy atom. The molecule has 1 fully saturated rings. The summed E-state index contributed by atoms with van der Waals surface area (Å²) in [4.78, 5) is 23.4. The second-order valence-corrected chi connectivity index (χ2v) is 8.01. The monoisotopic (exact) mass is 373 g/mol. The number of amides is 1. The minimum absolute atomic E-state index is 0.115. The summed E-state index contributed by atoms with van der Waals surface area (Å²) in [5, 5.41) is 22.0. The molecule has 5 atom stereocenters. The van der Waals surface area contributed by atoms with Gasteiger partial charge in [-0.2, -0.15) is 0 Å². The summed E-state index contributed by atoms with van der Waals surface area (Å²) >= 11 is 0. The predicted molar refractivity (Wildman–Crippen MR) is 94.5 cm³/mol. The van der Waals surface area contributed by atoms with Crippen molar-refractivity contribution < 1.29 is 34.0 Å². The van der Waals surface area contributed by atoms with Gasteiger partial charge in [0.15, 0.2) is 11.9 Å². The van der Waals surface area contributed by atoms with Crippen molar-refractivity contribution in [2.75, 3.05) is 7.11 Å². The van der Waals surface area contributed by atoms with E-state index in [1.165, 1.54) is 14.0 Å². The number of aliphatic carboxylic acids is 1. The number of carboxylic acids is 1. The number of nitrogens with one attached hydrogen (secondary N) is 1. The second kappa shape index (κ2) is 8.47. The van der Waals surface area contributed by atoms with Crippen LogP contribution in [-0.4, -0.2) is 65.4 Å². The zero-order valence-corrected chi connectivity index (χ0v) is 16.5. The van der Waals surface area contributed by atoms with Crippen molar-refractivity contribution in [1.29, 1.82) is 0 Å². The van der Waals surface area contributed by atoms with E-state index in [-0.39, 0.29) is 5.41 Å². The second-order valence-electron chi connectivity index (χ2n) is 8.01. The molecule has 1 amide bonds. The highest BCUT2D eigenvalue weighted by Gasteiger charge is 2.47. The van der Waals surface area contributed by atoms with Gasteiger partial charge in [-0.15, -0.1) is 0 Å². The van der Waals surface area contributed by atoms with Gasteiger partial charge in [-0.05, 0) is 26.2 Å². The van der Waals surface area contributed by atoms with Gasteiger partial charge in [0.05, 0.1) is 0 Å². The molecule has 0 aliphatic carbocycles. The summed E-state index contributed by atoms with van der Waals surface area (Å²) < 4.78 is 16.7. The number of hydrogen-bond acceptors (Lipinski definition) is 6. The predicted octanol–water partition coefficient (Wildman–Crippen LogP) is 1.07. The number of allylic oxidation sites excluding steroid dienone is 1. The van der Waals surface area contributed by atoms with Crippen LogP contribution in [0.3, 0.4) is 0 Å². The summed E-state index contributed by atoms with van der Waals surface area (Å²) in [6.45, 7) is 10.7. The smallest absolute Gasteiger partial charge is 0.325 e. The Labute approximate surface area is 154 Å². The van der Waals surface area contributed by atoms with Crippen LogP contribution >= 0.6 is 0 Å². The number of methoxy groups -OCH3 is 1. The lowest BCUT2D eigenvalue weighted by molar-refractivity contribution is -0.334. The summed E-state index contributed by atoms with van der Waals surface area (Å²) in [6.07, 6.45) is -0.442. The topological polar surface area (TPSA) is 114 Å². The minimum atomic E-state index is -1.19. The van der Waals surface area contributed by atoms with Crippen molar-refractivity contribution in [1.82, 2.24) is 5.32 Å². The maximum Gasteiger partial charge on any atom is 0.325 e. The Morgan fingerprint density at radius 1 is 1.27 bits per heavy atom. The fraction of sp³-hybridized carbons (Fsp3) is 0.778. The van der Waals surface area contributed by atoms with Crippen LogP contribution in [0.15, 0.2) is 12.2 Å². The average Bonchev–Trinajstić information content (AvgIpc) is 2.48. The van der Waals surface area contributed by atoms with E-state index in [4.69, 9.17) is 19.3 Å². The van der Waals surface area contributed by atoms with E-state index in [1.54, 1.807) is 19.9 Å². The Hall–Kier alpha value is -1.48. The summed E-state index contributed by atoms with van der Waals surface area (Å²) in [7, 11) is 1.30. The SMILES string of the molecule is CO[C@@H](C(=O)N[C@@H](C)C(=O)O)[C@@H]1OC(C)(C)O[C@H](/C=C/C(C)(C)C)[C@@H]1O. The Kier molecular flexibility index (Phi) is 7.35. The van der Waals surface area contributed by atoms with Crippen LogP contribution in [0, 0.1) is 5.41 Å². The van der Waals surface area contributed by atoms with E-state index in [9.17, 15) is 14.7 Å². The lowest BCUT2D eigenvalue weighted by Gasteiger charge is -2.45. The third-order valence-corrected chi connectivity index (χ3v) is 3.84. The molecule has 8 heteroatoms. The molecule has 0 spiro atoms. The van der Waals surface area contributed by atoms with E-state index < -0.39 is 48.1 Å². The van der Waals surface area contributed by atoms with Gasteiger partial charge in [0, 0.05) is 7.11 Å². The first kappa shape index (κ1) is 22.6. The molecule has 0 aromatic carbocycles. The van der Waals surface area contributed by atoms with E-state index in [1.807, 2.05) is 26.8 Å². The van der Waals surface area contributed by atoms with E-state index >= 15 is 0 Å². The van der Waals surface area contributed by atoms with Crippen LogP contribution in [0.2, 0.25) is 0 Å².